The van der Waals surface area contributed by atoms with Crippen molar-refractivity contribution in [2.24, 2.45) is 0 Å². The van der Waals surface area contributed by atoms with Gasteiger partial charge in [-0.3, -0.25) is 4.79 Å². The van der Waals surface area contributed by atoms with Crippen molar-refractivity contribution >= 4 is 29.3 Å². The highest BCUT2D eigenvalue weighted by Crippen LogP contribution is 2.23. The first-order chi connectivity index (χ1) is 12.5. The van der Waals surface area contributed by atoms with E-state index in [1.54, 1.807) is 12.1 Å². The lowest BCUT2D eigenvalue weighted by molar-refractivity contribution is -0.120. The van der Waals surface area contributed by atoms with E-state index in [4.69, 9.17) is 16.1 Å². The number of rotatable bonds is 6. The van der Waals surface area contributed by atoms with Crippen LogP contribution in [0.25, 0.3) is 11.4 Å². The van der Waals surface area contributed by atoms with E-state index in [0.29, 0.717) is 16.7 Å². The number of nitrogens with one attached hydrogen (secondary N) is 1. The quantitative estimate of drug-likeness (QED) is 0.631. The number of hydrogen-bond acceptors (Lipinski definition) is 5. The van der Waals surface area contributed by atoms with Crippen molar-refractivity contribution < 1.29 is 9.32 Å². The largest absolute Gasteiger partial charge is 0.346 e. The fourth-order valence-corrected chi connectivity index (χ4v) is 3.24. The second kappa shape index (κ2) is 8.38. The average molecular weight is 388 g/mol. The molecule has 0 radical (unpaired) electrons. The van der Waals surface area contributed by atoms with Crippen molar-refractivity contribution in [1.29, 1.82) is 0 Å². The molecule has 0 saturated heterocycles. The standard InChI is InChI=1S/C19H18ClN3O2S/c1-12-3-9-16(10-4-12)26-13(2)19(24)21-11-17-22-18(23-25-17)14-5-7-15(20)8-6-14/h3-10,13H,11H2,1-2H3,(H,21,24)/t13-/m0/s1. The van der Waals surface area contributed by atoms with E-state index in [0.717, 1.165) is 10.5 Å². The molecule has 0 aliphatic carbocycles. The smallest absolute Gasteiger partial charge is 0.246 e. The molecular formula is C19H18ClN3O2S. The molecule has 0 aliphatic rings. The Morgan fingerprint density at radius 1 is 1.19 bits per heavy atom. The van der Waals surface area contributed by atoms with Crippen LogP contribution in [0.4, 0.5) is 0 Å². The van der Waals surface area contributed by atoms with Gasteiger partial charge in [-0.1, -0.05) is 34.5 Å². The third-order valence-electron chi connectivity index (χ3n) is 3.69. The molecule has 0 unspecified atom stereocenters. The van der Waals surface area contributed by atoms with Crippen molar-refractivity contribution in [1.82, 2.24) is 15.5 Å². The van der Waals surface area contributed by atoms with Gasteiger partial charge in [0, 0.05) is 15.5 Å². The van der Waals surface area contributed by atoms with Crippen molar-refractivity contribution in [3.05, 3.63) is 65.0 Å². The number of carbonyl (C=O) groups is 1. The molecule has 1 atom stereocenters. The summed E-state index contributed by atoms with van der Waals surface area (Å²) in [6.45, 7) is 4.10. The van der Waals surface area contributed by atoms with Crippen LogP contribution in [0.3, 0.4) is 0 Å². The zero-order valence-corrected chi connectivity index (χ0v) is 16.0. The number of amides is 1. The number of nitrogens with zero attached hydrogens (tertiary/aromatic N) is 2. The molecule has 26 heavy (non-hydrogen) atoms. The van der Waals surface area contributed by atoms with E-state index in [9.17, 15) is 4.79 Å². The molecule has 0 saturated carbocycles. The number of hydrogen-bond donors (Lipinski definition) is 1. The predicted molar refractivity (Wildman–Crippen MR) is 103 cm³/mol. The molecule has 0 spiro atoms. The summed E-state index contributed by atoms with van der Waals surface area (Å²) in [4.78, 5) is 17.6. The number of thioether (sulfide) groups is 1. The van der Waals surface area contributed by atoms with E-state index in [-0.39, 0.29) is 17.7 Å². The Bertz CT molecular complexity index is 879. The summed E-state index contributed by atoms with van der Waals surface area (Å²) in [6, 6.07) is 15.2. The normalized spacial score (nSPS) is 12.0. The first-order valence-electron chi connectivity index (χ1n) is 8.11. The Labute approximate surface area is 161 Å². The number of benzene rings is 2. The van der Waals surface area contributed by atoms with Gasteiger partial charge in [-0.05, 0) is 50.2 Å². The molecule has 5 nitrogen and oxygen atoms in total. The van der Waals surface area contributed by atoms with Gasteiger partial charge in [-0.2, -0.15) is 4.98 Å². The van der Waals surface area contributed by atoms with Gasteiger partial charge in [0.15, 0.2) is 0 Å². The Morgan fingerprint density at radius 2 is 1.88 bits per heavy atom. The number of aromatic nitrogens is 2. The second-order valence-electron chi connectivity index (χ2n) is 5.81. The summed E-state index contributed by atoms with van der Waals surface area (Å²) < 4.78 is 5.20. The average Bonchev–Trinajstić information content (AvgIpc) is 3.11. The summed E-state index contributed by atoms with van der Waals surface area (Å²) in [6.07, 6.45) is 0. The molecule has 1 aromatic heterocycles. The van der Waals surface area contributed by atoms with Gasteiger partial charge in [-0.15, -0.1) is 11.8 Å². The van der Waals surface area contributed by atoms with Crippen molar-refractivity contribution in [2.75, 3.05) is 0 Å². The molecule has 7 heteroatoms. The van der Waals surface area contributed by atoms with E-state index < -0.39 is 0 Å². The summed E-state index contributed by atoms with van der Waals surface area (Å²) in [5.41, 5.74) is 2.00. The topological polar surface area (TPSA) is 68.0 Å². The lowest BCUT2D eigenvalue weighted by Gasteiger charge is -2.10. The monoisotopic (exact) mass is 387 g/mol. The van der Waals surface area contributed by atoms with Crippen LogP contribution in [-0.2, 0) is 11.3 Å². The van der Waals surface area contributed by atoms with E-state index in [1.807, 2.05) is 50.2 Å². The van der Waals surface area contributed by atoms with E-state index in [2.05, 4.69) is 15.5 Å². The Balaban J connectivity index is 1.54. The van der Waals surface area contributed by atoms with Gasteiger partial charge >= 0.3 is 0 Å². The Morgan fingerprint density at radius 3 is 2.58 bits per heavy atom. The molecule has 3 aromatic rings. The van der Waals surface area contributed by atoms with Crippen molar-refractivity contribution in [2.45, 2.75) is 30.5 Å². The molecule has 0 aliphatic heterocycles. The van der Waals surface area contributed by atoms with Crippen molar-refractivity contribution in [3.63, 3.8) is 0 Å². The van der Waals surface area contributed by atoms with Crippen LogP contribution in [0, 0.1) is 6.92 Å². The Hall–Kier alpha value is -2.31. The highest BCUT2D eigenvalue weighted by molar-refractivity contribution is 8.00. The van der Waals surface area contributed by atoms with Crippen LogP contribution >= 0.6 is 23.4 Å². The summed E-state index contributed by atoms with van der Waals surface area (Å²) in [5, 5.41) is 7.17. The third-order valence-corrected chi connectivity index (χ3v) is 5.05. The lowest BCUT2D eigenvalue weighted by Crippen LogP contribution is -2.30. The maximum Gasteiger partial charge on any atom is 0.246 e. The van der Waals surface area contributed by atoms with Crippen LogP contribution in [-0.4, -0.2) is 21.3 Å². The molecule has 2 aromatic carbocycles. The Kier molecular flexibility index (Phi) is 5.96. The SMILES string of the molecule is Cc1ccc(S[C@@H](C)C(=O)NCc2nc(-c3ccc(Cl)cc3)no2)cc1. The van der Waals surface area contributed by atoms with Gasteiger partial charge in [0.1, 0.15) is 0 Å². The van der Waals surface area contributed by atoms with Gasteiger partial charge in [-0.25, -0.2) is 0 Å². The minimum Gasteiger partial charge on any atom is -0.346 e. The number of halogens is 1. The van der Waals surface area contributed by atoms with E-state index in [1.165, 1.54) is 17.3 Å². The number of carbonyl (C=O) groups excluding carboxylic acids is 1. The maximum absolute atomic E-state index is 12.3. The second-order valence-corrected chi connectivity index (χ2v) is 7.66. The van der Waals surface area contributed by atoms with Crippen LogP contribution < -0.4 is 5.32 Å². The van der Waals surface area contributed by atoms with Crippen LogP contribution in [0.1, 0.15) is 18.4 Å². The number of aryl methyl sites for hydroxylation is 1. The van der Waals surface area contributed by atoms with Crippen LogP contribution in [0.2, 0.25) is 5.02 Å². The van der Waals surface area contributed by atoms with Gasteiger partial charge in [0.25, 0.3) is 0 Å². The molecule has 3 rings (SSSR count). The van der Waals surface area contributed by atoms with Gasteiger partial charge < -0.3 is 9.84 Å². The summed E-state index contributed by atoms with van der Waals surface area (Å²) in [7, 11) is 0. The molecule has 1 N–H and O–H groups in total. The zero-order valence-electron chi connectivity index (χ0n) is 14.4. The van der Waals surface area contributed by atoms with E-state index >= 15 is 0 Å². The van der Waals surface area contributed by atoms with Crippen LogP contribution in [0.15, 0.2) is 57.9 Å². The highest BCUT2D eigenvalue weighted by Gasteiger charge is 2.16. The predicted octanol–water partition coefficient (Wildman–Crippen LogP) is 4.50. The fraction of sp³-hybridized carbons (Fsp3) is 0.211. The minimum atomic E-state index is -0.226. The van der Waals surface area contributed by atoms with Gasteiger partial charge in [0.2, 0.25) is 17.6 Å². The molecule has 1 heterocycles. The molecule has 1 amide bonds. The zero-order chi connectivity index (χ0) is 18.5. The summed E-state index contributed by atoms with van der Waals surface area (Å²) in [5.74, 6) is 0.741. The molecule has 134 valence electrons. The highest BCUT2D eigenvalue weighted by atomic mass is 35.5. The fourth-order valence-electron chi connectivity index (χ4n) is 2.22. The van der Waals surface area contributed by atoms with Crippen LogP contribution in [0.5, 0.6) is 0 Å². The summed E-state index contributed by atoms with van der Waals surface area (Å²) >= 11 is 7.38. The first-order valence-corrected chi connectivity index (χ1v) is 9.36. The molecular weight excluding hydrogens is 370 g/mol. The van der Waals surface area contributed by atoms with Gasteiger partial charge in [0.05, 0.1) is 11.8 Å². The maximum atomic E-state index is 12.3. The third kappa shape index (κ3) is 4.86. The minimum absolute atomic E-state index is 0.0817. The lowest BCUT2D eigenvalue weighted by atomic mass is 10.2. The first kappa shape index (κ1) is 18.5. The molecule has 0 bridgehead atoms. The molecule has 0 fully saturated rings. The van der Waals surface area contributed by atoms with Crippen molar-refractivity contribution in [3.8, 4) is 11.4 Å².